The zero-order valence-corrected chi connectivity index (χ0v) is 22.3. The number of ether oxygens (including phenoxy) is 2. The van der Waals surface area contributed by atoms with Crippen LogP contribution >= 0.6 is 47.0 Å². The molecule has 1 rings (SSSR count). The van der Waals surface area contributed by atoms with Crippen LogP contribution in [0, 0.1) is 0 Å². The first-order valence-electron chi connectivity index (χ1n) is 9.98. The monoisotopic (exact) mass is 506 g/mol. The van der Waals surface area contributed by atoms with E-state index in [1.54, 1.807) is 23.5 Å². The molecule has 0 aliphatic carbocycles. The fourth-order valence-corrected chi connectivity index (χ4v) is 4.63. The number of carbonyl (C=O) groups is 2. The third kappa shape index (κ3) is 11.7. The molecule has 0 saturated carbocycles. The van der Waals surface area contributed by atoms with Gasteiger partial charge in [-0.25, -0.2) is 0 Å². The average molecular weight is 507 g/mol. The summed E-state index contributed by atoms with van der Waals surface area (Å²) in [6, 6.07) is 3.97. The number of benzene rings is 1. The van der Waals surface area contributed by atoms with Crippen LogP contribution in [-0.2, 0) is 36.0 Å². The first-order valence-corrected chi connectivity index (χ1v) is 15.1. The standard InChI is InChI=1S/C22H34O5S4/c1-22(2,3)18-11-16(12-30-14-19(23)26-6-8-28-4)10-17(21(18)25)13-31-15-20(24)27-7-9-29-5/h10-11,25H,6-9,12-15H2,1-5H3. The van der Waals surface area contributed by atoms with Gasteiger partial charge in [-0.2, -0.15) is 23.5 Å². The Morgan fingerprint density at radius 1 is 0.903 bits per heavy atom. The van der Waals surface area contributed by atoms with E-state index in [4.69, 9.17) is 9.47 Å². The lowest BCUT2D eigenvalue weighted by Gasteiger charge is -2.23. The largest absolute Gasteiger partial charge is 0.507 e. The van der Waals surface area contributed by atoms with Crippen LogP contribution in [0.5, 0.6) is 5.75 Å². The van der Waals surface area contributed by atoms with Gasteiger partial charge in [0.25, 0.3) is 0 Å². The van der Waals surface area contributed by atoms with Crippen LogP contribution in [0.25, 0.3) is 0 Å². The fraction of sp³-hybridized carbons (Fsp3) is 0.636. The maximum Gasteiger partial charge on any atom is 0.315 e. The molecule has 0 aliphatic heterocycles. The van der Waals surface area contributed by atoms with E-state index >= 15 is 0 Å². The van der Waals surface area contributed by atoms with Crippen molar-refractivity contribution in [3.8, 4) is 5.75 Å². The molecule has 1 aromatic rings. The van der Waals surface area contributed by atoms with E-state index in [1.165, 1.54) is 23.5 Å². The number of hydrogen-bond acceptors (Lipinski definition) is 9. The van der Waals surface area contributed by atoms with E-state index in [0.29, 0.717) is 30.5 Å². The van der Waals surface area contributed by atoms with E-state index in [0.717, 1.165) is 28.2 Å². The molecule has 0 aromatic heterocycles. The zero-order valence-electron chi connectivity index (χ0n) is 19.0. The van der Waals surface area contributed by atoms with E-state index in [1.807, 2.05) is 24.6 Å². The maximum absolute atomic E-state index is 11.8. The Morgan fingerprint density at radius 3 is 1.90 bits per heavy atom. The van der Waals surface area contributed by atoms with Crippen molar-refractivity contribution in [2.24, 2.45) is 0 Å². The van der Waals surface area contributed by atoms with Crippen LogP contribution < -0.4 is 0 Å². The van der Waals surface area contributed by atoms with Gasteiger partial charge in [0.05, 0.1) is 11.5 Å². The molecule has 31 heavy (non-hydrogen) atoms. The fourth-order valence-electron chi connectivity index (χ4n) is 2.58. The number of phenolic OH excluding ortho intramolecular Hbond substituents is 1. The molecule has 0 atom stereocenters. The third-order valence-electron chi connectivity index (χ3n) is 4.12. The molecule has 0 fully saturated rings. The van der Waals surface area contributed by atoms with Gasteiger partial charge in [-0.15, -0.1) is 23.5 Å². The Bertz CT molecular complexity index is 704. The van der Waals surface area contributed by atoms with Crippen LogP contribution in [0.15, 0.2) is 12.1 Å². The highest BCUT2D eigenvalue weighted by Crippen LogP contribution is 2.37. The van der Waals surface area contributed by atoms with Crippen molar-refractivity contribution in [1.82, 2.24) is 0 Å². The number of thioether (sulfide) groups is 4. The predicted molar refractivity (Wildman–Crippen MR) is 138 cm³/mol. The third-order valence-corrected chi connectivity index (χ3v) is 7.21. The highest BCUT2D eigenvalue weighted by Gasteiger charge is 2.21. The lowest BCUT2D eigenvalue weighted by molar-refractivity contribution is -0.140. The van der Waals surface area contributed by atoms with Crippen molar-refractivity contribution in [3.63, 3.8) is 0 Å². The molecule has 0 heterocycles. The zero-order chi connectivity index (χ0) is 23.3. The van der Waals surface area contributed by atoms with Crippen molar-refractivity contribution in [2.75, 3.05) is 48.7 Å². The number of aromatic hydroxyl groups is 1. The minimum Gasteiger partial charge on any atom is -0.507 e. The van der Waals surface area contributed by atoms with E-state index in [-0.39, 0.29) is 28.9 Å². The number of carbonyl (C=O) groups excluding carboxylic acids is 2. The summed E-state index contributed by atoms with van der Waals surface area (Å²) >= 11 is 6.21. The van der Waals surface area contributed by atoms with Crippen molar-refractivity contribution in [3.05, 3.63) is 28.8 Å². The summed E-state index contributed by atoms with van der Waals surface area (Å²) in [5.41, 5.74) is 2.49. The summed E-state index contributed by atoms with van der Waals surface area (Å²) in [6.07, 6.45) is 3.95. The number of hydrogen-bond donors (Lipinski definition) is 1. The lowest BCUT2D eigenvalue weighted by Crippen LogP contribution is -2.13. The lowest BCUT2D eigenvalue weighted by atomic mass is 9.84. The Morgan fingerprint density at radius 2 is 1.42 bits per heavy atom. The molecule has 5 nitrogen and oxygen atoms in total. The van der Waals surface area contributed by atoms with Crippen LogP contribution in [0.3, 0.4) is 0 Å². The summed E-state index contributed by atoms with van der Waals surface area (Å²) in [6.45, 7) is 7.04. The quantitative estimate of drug-likeness (QED) is 0.278. The molecule has 0 unspecified atom stereocenters. The van der Waals surface area contributed by atoms with Crippen molar-refractivity contribution in [1.29, 1.82) is 0 Å². The van der Waals surface area contributed by atoms with Gasteiger partial charge in [0, 0.05) is 28.6 Å². The van der Waals surface area contributed by atoms with E-state index in [9.17, 15) is 14.7 Å². The van der Waals surface area contributed by atoms with Crippen LogP contribution in [0.2, 0.25) is 0 Å². The maximum atomic E-state index is 11.8. The van der Waals surface area contributed by atoms with Gasteiger partial charge in [-0.3, -0.25) is 9.59 Å². The molecule has 0 aliphatic rings. The summed E-state index contributed by atoms with van der Waals surface area (Å²) in [5, 5.41) is 10.8. The summed E-state index contributed by atoms with van der Waals surface area (Å²) in [5.74, 6) is 3.14. The minimum atomic E-state index is -0.235. The first-order chi connectivity index (χ1) is 14.7. The van der Waals surface area contributed by atoms with Gasteiger partial charge in [0.2, 0.25) is 0 Å². The number of esters is 2. The Balaban J connectivity index is 2.73. The molecule has 1 aromatic carbocycles. The Kier molecular flexibility index (Phi) is 14.0. The number of phenols is 1. The number of rotatable bonds is 14. The summed E-state index contributed by atoms with van der Waals surface area (Å²) < 4.78 is 10.4. The first kappa shape index (κ1) is 28.4. The topological polar surface area (TPSA) is 72.8 Å². The second kappa shape index (κ2) is 15.2. The van der Waals surface area contributed by atoms with Gasteiger partial charge in [0.1, 0.15) is 19.0 Å². The molecule has 0 spiro atoms. The van der Waals surface area contributed by atoms with Crippen LogP contribution in [-0.4, -0.2) is 65.8 Å². The summed E-state index contributed by atoms with van der Waals surface area (Å²) in [7, 11) is 0. The highest BCUT2D eigenvalue weighted by molar-refractivity contribution is 7.99. The second-order valence-electron chi connectivity index (χ2n) is 7.81. The van der Waals surface area contributed by atoms with Gasteiger partial charge < -0.3 is 14.6 Å². The average Bonchev–Trinajstić information content (AvgIpc) is 2.69. The molecular weight excluding hydrogens is 473 g/mol. The smallest absolute Gasteiger partial charge is 0.315 e. The van der Waals surface area contributed by atoms with Gasteiger partial charge in [-0.1, -0.05) is 32.9 Å². The van der Waals surface area contributed by atoms with E-state index < -0.39 is 0 Å². The van der Waals surface area contributed by atoms with E-state index in [2.05, 4.69) is 20.8 Å². The molecular formula is C22H34O5S4. The molecule has 0 radical (unpaired) electrons. The molecule has 1 N–H and O–H groups in total. The van der Waals surface area contributed by atoms with Crippen LogP contribution in [0.4, 0.5) is 0 Å². The SMILES string of the molecule is CSCCOC(=O)CSCc1cc(CSCC(=O)OCCSC)c(O)c(C(C)(C)C)c1. The summed E-state index contributed by atoms with van der Waals surface area (Å²) in [4.78, 5) is 23.6. The molecule has 176 valence electrons. The van der Waals surface area contributed by atoms with Gasteiger partial charge in [0.15, 0.2) is 0 Å². The van der Waals surface area contributed by atoms with Gasteiger partial charge >= 0.3 is 11.9 Å². The molecule has 0 bridgehead atoms. The van der Waals surface area contributed by atoms with Crippen molar-refractivity contribution in [2.45, 2.75) is 37.7 Å². The minimum absolute atomic E-state index is 0.204. The normalized spacial score (nSPS) is 11.4. The molecule has 0 amide bonds. The predicted octanol–water partition coefficient (Wildman–Crippen LogP) is 4.97. The molecule has 9 heteroatoms. The molecule has 0 saturated heterocycles. The van der Waals surface area contributed by atoms with Gasteiger partial charge in [-0.05, 0) is 29.1 Å². The highest BCUT2D eigenvalue weighted by atomic mass is 32.2. The van der Waals surface area contributed by atoms with Crippen molar-refractivity contribution >= 4 is 59.0 Å². The Labute approximate surface area is 203 Å². The van der Waals surface area contributed by atoms with Crippen molar-refractivity contribution < 1.29 is 24.2 Å². The van der Waals surface area contributed by atoms with Crippen LogP contribution in [0.1, 0.15) is 37.5 Å². The second-order valence-corrected chi connectivity index (χ2v) is 11.8. The Hall–Kier alpha value is -0.640.